The summed E-state index contributed by atoms with van der Waals surface area (Å²) in [6.45, 7) is 1.53. The number of rotatable bonds is 5. The van der Waals surface area contributed by atoms with Crippen LogP contribution < -0.4 is 0 Å². The minimum Gasteiger partial charge on any atom is -0.395 e. The lowest BCUT2D eigenvalue weighted by Crippen LogP contribution is -1.92. The monoisotopic (exact) mass is 441 g/mol. The maximum atomic E-state index is 13.6. The van der Waals surface area contributed by atoms with Crippen molar-refractivity contribution in [1.29, 1.82) is 0 Å². The highest BCUT2D eigenvalue weighted by Crippen LogP contribution is 2.47. The van der Waals surface area contributed by atoms with Crippen molar-refractivity contribution in [2.75, 3.05) is 6.61 Å². The SMILES string of the molecule is CC(=O)c1ccc(-c2c(C#CCCO)sc(-c3ccc(F)cc3)c2-c2ccncc2)cc1. The molecule has 0 saturated heterocycles. The molecule has 0 aliphatic heterocycles. The second-order valence-electron chi connectivity index (χ2n) is 7.16. The topological polar surface area (TPSA) is 50.2 Å². The first kappa shape index (κ1) is 21.6. The molecule has 4 aromatic rings. The summed E-state index contributed by atoms with van der Waals surface area (Å²) in [6.07, 6.45) is 3.85. The number of thiophene rings is 1. The Balaban J connectivity index is 2.01. The quantitative estimate of drug-likeness (QED) is 0.295. The van der Waals surface area contributed by atoms with E-state index < -0.39 is 0 Å². The van der Waals surface area contributed by atoms with Gasteiger partial charge in [0.15, 0.2) is 5.78 Å². The van der Waals surface area contributed by atoms with Crippen LogP contribution in [0.25, 0.3) is 32.7 Å². The number of benzene rings is 2. The van der Waals surface area contributed by atoms with Gasteiger partial charge in [0.2, 0.25) is 0 Å². The number of carbonyl (C=O) groups is 1. The Morgan fingerprint density at radius 1 is 0.938 bits per heavy atom. The first-order chi connectivity index (χ1) is 15.6. The Morgan fingerprint density at radius 2 is 1.56 bits per heavy atom. The van der Waals surface area contributed by atoms with Crippen LogP contribution in [-0.2, 0) is 0 Å². The van der Waals surface area contributed by atoms with Crippen molar-refractivity contribution >= 4 is 17.1 Å². The lowest BCUT2D eigenvalue weighted by molar-refractivity contribution is 0.101. The Bertz CT molecular complexity index is 1300. The van der Waals surface area contributed by atoms with Crippen LogP contribution in [0, 0.1) is 17.7 Å². The highest BCUT2D eigenvalue weighted by Gasteiger charge is 2.21. The maximum absolute atomic E-state index is 13.6. The van der Waals surface area contributed by atoms with E-state index in [2.05, 4.69) is 16.8 Å². The molecular weight excluding hydrogens is 421 g/mol. The van der Waals surface area contributed by atoms with Crippen molar-refractivity contribution in [2.45, 2.75) is 13.3 Å². The van der Waals surface area contributed by atoms with Crippen LogP contribution in [0.3, 0.4) is 0 Å². The molecule has 32 heavy (non-hydrogen) atoms. The molecule has 0 saturated carbocycles. The van der Waals surface area contributed by atoms with Crippen molar-refractivity contribution in [3.8, 4) is 44.5 Å². The Labute approximate surface area is 190 Å². The first-order valence-electron chi connectivity index (χ1n) is 10.1. The molecule has 0 fully saturated rings. The number of carbonyl (C=O) groups excluding carboxylic acids is 1. The van der Waals surface area contributed by atoms with Crippen molar-refractivity contribution in [3.63, 3.8) is 0 Å². The van der Waals surface area contributed by atoms with Gasteiger partial charge < -0.3 is 5.11 Å². The highest BCUT2D eigenvalue weighted by molar-refractivity contribution is 7.17. The summed E-state index contributed by atoms with van der Waals surface area (Å²) in [5, 5.41) is 9.18. The molecule has 5 heteroatoms. The maximum Gasteiger partial charge on any atom is 0.159 e. The van der Waals surface area contributed by atoms with E-state index in [0.29, 0.717) is 12.0 Å². The molecule has 2 heterocycles. The summed E-state index contributed by atoms with van der Waals surface area (Å²) >= 11 is 1.53. The van der Waals surface area contributed by atoms with Crippen LogP contribution in [0.1, 0.15) is 28.6 Å². The summed E-state index contributed by atoms with van der Waals surface area (Å²) < 4.78 is 13.6. The molecule has 0 unspecified atom stereocenters. The van der Waals surface area contributed by atoms with Crippen molar-refractivity contribution in [1.82, 2.24) is 4.98 Å². The molecule has 4 rings (SSSR count). The molecule has 0 amide bonds. The molecule has 0 aliphatic carbocycles. The van der Waals surface area contributed by atoms with Gasteiger partial charge in [0.25, 0.3) is 0 Å². The van der Waals surface area contributed by atoms with Gasteiger partial charge in [-0.1, -0.05) is 48.2 Å². The van der Waals surface area contributed by atoms with Gasteiger partial charge >= 0.3 is 0 Å². The third kappa shape index (κ3) is 4.52. The van der Waals surface area contributed by atoms with Crippen molar-refractivity contribution < 1.29 is 14.3 Å². The number of ketones is 1. The molecule has 3 nitrogen and oxygen atoms in total. The molecule has 0 spiro atoms. The van der Waals surface area contributed by atoms with E-state index in [-0.39, 0.29) is 18.2 Å². The predicted molar refractivity (Wildman–Crippen MR) is 127 cm³/mol. The fraction of sp³-hybridized carbons (Fsp3) is 0.111. The number of nitrogens with zero attached hydrogens (tertiary/aromatic N) is 1. The minimum absolute atomic E-state index is 0.00573. The van der Waals surface area contributed by atoms with Gasteiger partial charge in [-0.25, -0.2) is 4.39 Å². The molecule has 1 N–H and O–H groups in total. The fourth-order valence-electron chi connectivity index (χ4n) is 3.46. The van der Waals surface area contributed by atoms with Crippen LogP contribution in [-0.4, -0.2) is 22.5 Å². The van der Waals surface area contributed by atoms with Gasteiger partial charge in [0.05, 0.1) is 11.5 Å². The largest absolute Gasteiger partial charge is 0.395 e. The number of aromatic nitrogens is 1. The number of aliphatic hydroxyl groups excluding tert-OH is 1. The van der Waals surface area contributed by atoms with E-state index in [9.17, 15) is 14.3 Å². The van der Waals surface area contributed by atoms with E-state index in [1.807, 2.05) is 36.4 Å². The third-order valence-electron chi connectivity index (χ3n) is 5.00. The van der Waals surface area contributed by atoms with Crippen LogP contribution in [0.2, 0.25) is 0 Å². The van der Waals surface area contributed by atoms with Crippen LogP contribution in [0.4, 0.5) is 4.39 Å². The van der Waals surface area contributed by atoms with E-state index in [4.69, 9.17) is 0 Å². The predicted octanol–water partition coefficient (Wildman–Crippen LogP) is 6.22. The second-order valence-corrected chi connectivity index (χ2v) is 8.18. The fourth-order valence-corrected chi connectivity index (χ4v) is 4.69. The van der Waals surface area contributed by atoms with Crippen LogP contribution in [0.5, 0.6) is 0 Å². The number of Topliss-reactive ketones (excluding diaryl/α,β-unsaturated/α-hetero) is 1. The highest BCUT2D eigenvalue weighted by atomic mass is 32.1. The summed E-state index contributed by atoms with van der Waals surface area (Å²) in [5.41, 5.74) is 5.35. The average Bonchev–Trinajstić information content (AvgIpc) is 3.19. The normalized spacial score (nSPS) is 10.5. The standard InChI is InChI=1S/C27H20FNO2S/c1-18(31)19-5-7-20(8-6-19)25-24(4-2-3-17-30)32-27(22-9-11-23(28)12-10-22)26(25)21-13-15-29-16-14-21/h5-16,30H,3,17H2,1H3. The summed E-state index contributed by atoms with van der Waals surface area (Å²) in [7, 11) is 0. The second kappa shape index (κ2) is 9.69. The average molecular weight is 442 g/mol. The molecule has 0 atom stereocenters. The van der Waals surface area contributed by atoms with E-state index in [0.717, 1.165) is 37.6 Å². The zero-order valence-electron chi connectivity index (χ0n) is 17.4. The third-order valence-corrected chi connectivity index (χ3v) is 6.16. The number of aliphatic hydroxyl groups is 1. The number of hydrogen-bond donors (Lipinski definition) is 1. The Morgan fingerprint density at radius 3 is 2.19 bits per heavy atom. The Kier molecular flexibility index (Phi) is 6.55. The lowest BCUT2D eigenvalue weighted by Gasteiger charge is -2.10. The molecule has 158 valence electrons. The van der Waals surface area contributed by atoms with Gasteiger partial charge in [0, 0.05) is 40.4 Å². The number of pyridine rings is 1. The summed E-state index contributed by atoms with van der Waals surface area (Å²) in [4.78, 5) is 17.7. The van der Waals surface area contributed by atoms with Crippen molar-refractivity contribution in [3.05, 3.63) is 89.3 Å². The molecule has 2 aromatic carbocycles. The molecule has 0 aliphatic rings. The zero-order valence-corrected chi connectivity index (χ0v) is 18.2. The number of halogens is 1. The van der Waals surface area contributed by atoms with Gasteiger partial charge in [-0.05, 0) is 47.9 Å². The van der Waals surface area contributed by atoms with E-state index >= 15 is 0 Å². The summed E-state index contributed by atoms with van der Waals surface area (Å²) in [6, 6.07) is 17.8. The minimum atomic E-state index is -0.293. The van der Waals surface area contributed by atoms with Gasteiger partial charge in [0.1, 0.15) is 5.82 Å². The summed E-state index contributed by atoms with van der Waals surface area (Å²) in [5.74, 6) is 5.95. The smallest absolute Gasteiger partial charge is 0.159 e. The number of hydrogen-bond acceptors (Lipinski definition) is 4. The van der Waals surface area contributed by atoms with Gasteiger partial charge in [-0.2, -0.15) is 0 Å². The molecular formula is C27H20FNO2S. The van der Waals surface area contributed by atoms with Gasteiger partial charge in [-0.3, -0.25) is 9.78 Å². The van der Waals surface area contributed by atoms with E-state index in [1.165, 1.54) is 23.5 Å². The Hall–Kier alpha value is -3.59. The lowest BCUT2D eigenvalue weighted by atomic mass is 9.93. The van der Waals surface area contributed by atoms with Crippen LogP contribution in [0.15, 0.2) is 73.1 Å². The van der Waals surface area contributed by atoms with E-state index in [1.54, 1.807) is 31.5 Å². The zero-order chi connectivity index (χ0) is 22.5. The van der Waals surface area contributed by atoms with Crippen LogP contribution >= 0.6 is 11.3 Å². The van der Waals surface area contributed by atoms with Gasteiger partial charge in [-0.15, -0.1) is 11.3 Å². The molecule has 2 aromatic heterocycles. The van der Waals surface area contributed by atoms with Crippen molar-refractivity contribution in [2.24, 2.45) is 0 Å². The molecule has 0 bridgehead atoms. The first-order valence-corrected chi connectivity index (χ1v) is 10.9. The molecule has 0 radical (unpaired) electrons.